The van der Waals surface area contributed by atoms with Crippen molar-refractivity contribution in [1.29, 1.82) is 0 Å². The Morgan fingerprint density at radius 1 is 1.13 bits per heavy atom. The molecule has 0 aliphatic heterocycles. The maximum Gasteiger partial charge on any atom is 0.0958 e. The lowest BCUT2D eigenvalue weighted by atomic mass is 10.2. The van der Waals surface area contributed by atoms with Crippen LogP contribution in [0.25, 0.3) is 11.0 Å². The number of aromatic nitrogens is 2. The first-order valence-corrected chi connectivity index (χ1v) is 5.52. The molecule has 0 bridgehead atoms. The van der Waals surface area contributed by atoms with Crippen LogP contribution in [0.3, 0.4) is 0 Å². The molecule has 2 N–H and O–H groups in total. The molecule has 0 atom stereocenters. The molecule has 0 aliphatic rings. The summed E-state index contributed by atoms with van der Waals surface area (Å²) in [6.07, 6.45) is 5.42. The van der Waals surface area contributed by atoms with E-state index in [0.29, 0.717) is 0 Å². The lowest BCUT2D eigenvalue weighted by molar-refractivity contribution is 0.601. The lowest BCUT2D eigenvalue weighted by Crippen LogP contribution is -2.00. The van der Waals surface area contributed by atoms with Crippen molar-refractivity contribution in [3.63, 3.8) is 0 Å². The van der Waals surface area contributed by atoms with Crippen LogP contribution in [0.15, 0.2) is 30.6 Å². The van der Waals surface area contributed by atoms with Crippen molar-refractivity contribution < 1.29 is 0 Å². The zero-order valence-corrected chi connectivity index (χ0v) is 8.89. The molecule has 0 saturated carbocycles. The molecule has 3 nitrogen and oxygen atoms in total. The van der Waals surface area contributed by atoms with Crippen molar-refractivity contribution in [3.8, 4) is 0 Å². The van der Waals surface area contributed by atoms with Gasteiger partial charge in [0.1, 0.15) is 0 Å². The highest BCUT2D eigenvalue weighted by Gasteiger charge is 1.99. The third-order valence-electron chi connectivity index (χ3n) is 2.63. The SMILES string of the molecule is NCCCCCn1cnc2ccccc21. The molecule has 0 saturated heterocycles. The minimum absolute atomic E-state index is 0.796. The van der Waals surface area contributed by atoms with Crippen LogP contribution in [-0.4, -0.2) is 16.1 Å². The largest absolute Gasteiger partial charge is 0.331 e. The van der Waals surface area contributed by atoms with E-state index in [4.69, 9.17) is 5.73 Å². The number of unbranched alkanes of at least 4 members (excludes halogenated alkanes) is 2. The van der Waals surface area contributed by atoms with E-state index in [9.17, 15) is 0 Å². The van der Waals surface area contributed by atoms with Gasteiger partial charge in [0.25, 0.3) is 0 Å². The minimum Gasteiger partial charge on any atom is -0.331 e. The number of aryl methyl sites for hydroxylation is 1. The minimum atomic E-state index is 0.796. The third-order valence-corrected chi connectivity index (χ3v) is 2.63. The zero-order chi connectivity index (χ0) is 10.5. The molecule has 1 heterocycles. The van der Waals surface area contributed by atoms with Gasteiger partial charge < -0.3 is 10.3 Å². The van der Waals surface area contributed by atoms with Crippen LogP contribution in [0.1, 0.15) is 19.3 Å². The quantitative estimate of drug-likeness (QED) is 0.757. The van der Waals surface area contributed by atoms with E-state index in [1.165, 1.54) is 18.4 Å². The summed E-state index contributed by atoms with van der Waals surface area (Å²) in [5.74, 6) is 0. The summed E-state index contributed by atoms with van der Waals surface area (Å²) < 4.78 is 2.21. The van der Waals surface area contributed by atoms with Crippen LogP contribution in [0.2, 0.25) is 0 Å². The summed E-state index contributed by atoms with van der Waals surface area (Å²) in [6.45, 7) is 1.84. The Labute approximate surface area is 89.9 Å². The van der Waals surface area contributed by atoms with E-state index in [1.54, 1.807) is 0 Å². The molecule has 2 rings (SSSR count). The van der Waals surface area contributed by atoms with Gasteiger partial charge in [-0.05, 0) is 31.5 Å². The fourth-order valence-electron chi connectivity index (χ4n) is 1.79. The number of benzene rings is 1. The molecule has 0 fully saturated rings. The first-order valence-electron chi connectivity index (χ1n) is 5.52. The van der Waals surface area contributed by atoms with Gasteiger partial charge in [-0.3, -0.25) is 0 Å². The fraction of sp³-hybridized carbons (Fsp3) is 0.417. The van der Waals surface area contributed by atoms with Crippen molar-refractivity contribution in [2.75, 3.05) is 6.54 Å². The first kappa shape index (κ1) is 10.2. The molecule has 0 amide bonds. The molecule has 0 aliphatic carbocycles. The van der Waals surface area contributed by atoms with Crippen LogP contribution < -0.4 is 5.73 Å². The molecule has 1 aromatic carbocycles. The fourth-order valence-corrected chi connectivity index (χ4v) is 1.79. The van der Waals surface area contributed by atoms with Gasteiger partial charge in [0.05, 0.1) is 17.4 Å². The number of rotatable bonds is 5. The van der Waals surface area contributed by atoms with E-state index in [1.807, 2.05) is 18.5 Å². The highest BCUT2D eigenvalue weighted by Crippen LogP contribution is 2.12. The maximum absolute atomic E-state index is 5.46. The molecule has 0 unspecified atom stereocenters. The highest BCUT2D eigenvalue weighted by atomic mass is 15.0. The van der Waals surface area contributed by atoms with Crippen LogP contribution in [0, 0.1) is 0 Å². The molecular formula is C12H17N3. The Morgan fingerprint density at radius 3 is 2.87 bits per heavy atom. The smallest absolute Gasteiger partial charge is 0.0958 e. The summed E-state index contributed by atoms with van der Waals surface area (Å²) in [5.41, 5.74) is 7.77. The van der Waals surface area contributed by atoms with Gasteiger partial charge in [-0.1, -0.05) is 18.6 Å². The summed E-state index contributed by atoms with van der Waals surface area (Å²) in [4.78, 5) is 4.36. The van der Waals surface area contributed by atoms with E-state index < -0.39 is 0 Å². The molecule has 3 heteroatoms. The summed E-state index contributed by atoms with van der Waals surface area (Å²) >= 11 is 0. The van der Waals surface area contributed by atoms with Crippen molar-refractivity contribution in [2.45, 2.75) is 25.8 Å². The van der Waals surface area contributed by atoms with Crippen molar-refractivity contribution >= 4 is 11.0 Å². The van der Waals surface area contributed by atoms with Crippen LogP contribution in [0.4, 0.5) is 0 Å². The van der Waals surface area contributed by atoms with Crippen molar-refractivity contribution in [3.05, 3.63) is 30.6 Å². The Balaban J connectivity index is 2.02. The number of hydrogen-bond donors (Lipinski definition) is 1. The van der Waals surface area contributed by atoms with Gasteiger partial charge in [0.15, 0.2) is 0 Å². The van der Waals surface area contributed by atoms with Gasteiger partial charge >= 0.3 is 0 Å². The van der Waals surface area contributed by atoms with Gasteiger partial charge in [-0.2, -0.15) is 0 Å². The predicted molar refractivity (Wildman–Crippen MR) is 62.6 cm³/mol. The average Bonchev–Trinajstić information content (AvgIpc) is 2.68. The molecule has 15 heavy (non-hydrogen) atoms. The summed E-state index contributed by atoms with van der Waals surface area (Å²) in [7, 11) is 0. The van der Waals surface area contributed by atoms with Crippen LogP contribution in [-0.2, 0) is 6.54 Å². The number of imidazole rings is 1. The van der Waals surface area contributed by atoms with Crippen LogP contribution in [0.5, 0.6) is 0 Å². The maximum atomic E-state index is 5.46. The molecule has 0 radical (unpaired) electrons. The number of hydrogen-bond acceptors (Lipinski definition) is 2. The Kier molecular flexibility index (Phi) is 3.35. The molecule has 0 spiro atoms. The van der Waals surface area contributed by atoms with E-state index in [-0.39, 0.29) is 0 Å². The number of para-hydroxylation sites is 2. The van der Waals surface area contributed by atoms with E-state index in [0.717, 1.165) is 25.0 Å². The second kappa shape index (κ2) is 4.94. The standard InChI is InChI=1S/C12H17N3/c13-8-4-1-5-9-15-10-14-11-6-2-3-7-12(11)15/h2-3,6-7,10H,1,4-5,8-9,13H2. The molecule has 2 aromatic rings. The number of fused-ring (bicyclic) bond motifs is 1. The zero-order valence-electron chi connectivity index (χ0n) is 8.89. The second-order valence-electron chi connectivity index (χ2n) is 3.78. The number of nitrogens with zero attached hydrogens (tertiary/aromatic N) is 2. The normalized spacial score (nSPS) is 11.0. The van der Waals surface area contributed by atoms with Gasteiger partial charge in [-0.15, -0.1) is 0 Å². The topological polar surface area (TPSA) is 43.8 Å². The van der Waals surface area contributed by atoms with Crippen LogP contribution >= 0.6 is 0 Å². The van der Waals surface area contributed by atoms with E-state index >= 15 is 0 Å². The first-order chi connectivity index (χ1) is 7.42. The van der Waals surface area contributed by atoms with Crippen molar-refractivity contribution in [1.82, 2.24) is 9.55 Å². The summed E-state index contributed by atoms with van der Waals surface area (Å²) in [5, 5.41) is 0. The third kappa shape index (κ3) is 2.36. The Bertz CT molecular complexity index is 419. The van der Waals surface area contributed by atoms with Gasteiger partial charge in [0, 0.05) is 6.54 Å². The Hall–Kier alpha value is -1.35. The molecule has 1 aromatic heterocycles. The predicted octanol–water partition coefficient (Wildman–Crippen LogP) is 2.17. The van der Waals surface area contributed by atoms with Crippen molar-refractivity contribution in [2.24, 2.45) is 5.73 Å². The second-order valence-corrected chi connectivity index (χ2v) is 3.78. The van der Waals surface area contributed by atoms with Gasteiger partial charge in [0.2, 0.25) is 0 Å². The lowest BCUT2D eigenvalue weighted by Gasteiger charge is -2.03. The molecule has 80 valence electrons. The monoisotopic (exact) mass is 203 g/mol. The Morgan fingerprint density at radius 2 is 2.00 bits per heavy atom. The average molecular weight is 203 g/mol. The van der Waals surface area contributed by atoms with E-state index in [2.05, 4.69) is 21.7 Å². The number of nitrogens with two attached hydrogens (primary N) is 1. The molecular weight excluding hydrogens is 186 g/mol. The highest BCUT2D eigenvalue weighted by molar-refractivity contribution is 5.74. The summed E-state index contributed by atoms with van der Waals surface area (Å²) in [6, 6.07) is 8.24. The van der Waals surface area contributed by atoms with Gasteiger partial charge in [-0.25, -0.2) is 4.98 Å².